The van der Waals surface area contributed by atoms with E-state index in [1.165, 1.54) is 43.2 Å². The molecule has 9 nitrogen and oxygen atoms in total. The van der Waals surface area contributed by atoms with Crippen LogP contribution in [-0.4, -0.2) is 46.8 Å². The molecule has 0 radical (unpaired) electrons. The first-order valence-electron chi connectivity index (χ1n) is 11.6. The maximum absolute atomic E-state index is 13.1. The number of thiophene rings is 1. The van der Waals surface area contributed by atoms with Gasteiger partial charge in [-0.15, -0.1) is 11.3 Å². The van der Waals surface area contributed by atoms with Crippen molar-refractivity contribution in [1.29, 1.82) is 0 Å². The van der Waals surface area contributed by atoms with Gasteiger partial charge in [0.25, 0.3) is 5.91 Å². The van der Waals surface area contributed by atoms with E-state index in [4.69, 9.17) is 18.9 Å². The second kappa shape index (κ2) is 9.71. The molecule has 0 saturated carbocycles. The number of para-hydroxylation sites is 1. The Kier molecular flexibility index (Phi) is 6.46. The minimum Gasteiger partial charge on any atom is -0.493 e. The van der Waals surface area contributed by atoms with Crippen LogP contribution >= 0.6 is 11.3 Å². The van der Waals surface area contributed by atoms with Crippen molar-refractivity contribution in [2.24, 2.45) is 0 Å². The maximum Gasteiger partial charge on any atom is 0.343 e. The van der Waals surface area contributed by atoms with Crippen LogP contribution in [-0.2, 0) is 13.0 Å². The number of methoxy groups -OCH3 is 3. The third-order valence-corrected chi connectivity index (χ3v) is 7.63. The fourth-order valence-electron chi connectivity index (χ4n) is 4.66. The van der Waals surface area contributed by atoms with Crippen LogP contribution in [0.4, 0.5) is 5.00 Å². The van der Waals surface area contributed by atoms with E-state index in [2.05, 4.69) is 17.7 Å². The predicted molar refractivity (Wildman–Crippen MR) is 135 cm³/mol. The van der Waals surface area contributed by atoms with Gasteiger partial charge < -0.3 is 34.5 Å². The summed E-state index contributed by atoms with van der Waals surface area (Å²) in [5.74, 6) is 0.704. The number of quaternary nitrogens is 1. The Morgan fingerprint density at radius 2 is 1.75 bits per heavy atom. The van der Waals surface area contributed by atoms with Crippen molar-refractivity contribution in [2.45, 2.75) is 19.1 Å². The molecular formula is C26H28N3O6S+. The normalized spacial score (nSPS) is 18.3. The van der Waals surface area contributed by atoms with E-state index in [1.807, 2.05) is 12.1 Å². The fraction of sp³-hybridized carbons (Fsp3) is 0.308. The van der Waals surface area contributed by atoms with Crippen molar-refractivity contribution in [3.63, 3.8) is 0 Å². The largest absolute Gasteiger partial charge is 0.493 e. The molecule has 2 atom stereocenters. The fourth-order valence-corrected chi connectivity index (χ4v) is 6.04. The Bertz CT molecular complexity index is 1310. The Hall–Kier alpha value is -3.76. The number of anilines is 1. The molecule has 5 rings (SSSR count). The molecule has 3 heterocycles. The highest BCUT2D eigenvalue weighted by Crippen LogP contribution is 2.41. The van der Waals surface area contributed by atoms with Crippen LogP contribution in [0.3, 0.4) is 0 Å². The van der Waals surface area contributed by atoms with Crippen molar-refractivity contribution in [3.8, 4) is 23.0 Å². The van der Waals surface area contributed by atoms with Gasteiger partial charge in [-0.05, 0) is 23.8 Å². The summed E-state index contributed by atoms with van der Waals surface area (Å²) in [5, 5.41) is 7.35. The molecule has 2 aliphatic rings. The Balaban J connectivity index is 1.43. The van der Waals surface area contributed by atoms with Crippen LogP contribution in [0.15, 0.2) is 36.4 Å². The van der Waals surface area contributed by atoms with Gasteiger partial charge in [-0.1, -0.05) is 18.2 Å². The second-order valence-electron chi connectivity index (χ2n) is 8.73. The van der Waals surface area contributed by atoms with Crippen LogP contribution in [0.25, 0.3) is 0 Å². The molecule has 0 spiro atoms. The molecule has 3 aromatic rings. The van der Waals surface area contributed by atoms with Crippen molar-refractivity contribution in [1.82, 2.24) is 5.32 Å². The number of fused-ring (bicyclic) bond motifs is 3. The Labute approximate surface area is 212 Å². The zero-order valence-electron chi connectivity index (χ0n) is 20.5. The number of carbonyl (C=O) groups excluding carboxylic acids is 2. The number of hydrogen-bond acceptors (Lipinski definition) is 8. The quantitative estimate of drug-likeness (QED) is 0.346. The minimum absolute atomic E-state index is 0.114. The summed E-state index contributed by atoms with van der Waals surface area (Å²) >= 11 is 1.63. The summed E-state index contributed by atoms with van der Waals surface area (Å²) in [7, 11) is 6.62. The molecule has 3 N–H and O–H groups in total. The van der Waals surface area contributed by atoms with Crippen molar-refractivity contribution >= 4 is 28.2 Å². The summed E-state index contributed by atoms with van der Waals surface area (Å²) in [6.45, 7) is 1.92. The molecule has 0 bridgehead atoms. The van der Waals surface area contributed by atoms with Gasteiger partial charge >= 0.3 is 5.97 Å². The van der Waals surface area contributed by atoms with Crippen LogP contribution in [0, 0.1) is 0 Å². The van der Waals surface area contributed by atoms with E-state index in [1.54, 1.807) is 23.5 Å². The van der Waals surface area contributed by atoms with Gasteiger partial charge in [0.05, 0.1) is 50.9 Å². The molecule has 188 valence electrons. The minimum atomic E-state index is -0.595. The van der Waals surface area contributed by atoms with Gasteiger partial charge in [0.2, 0.25) is 5.75 Å². The van der Waals surface area contributed by atoms with Crippen molar-refractivity contribution < 1.29 is 33.4 Å². The summed E-state index contributed by atoms with van der Waals surface area (Å²) < 4.78 is 21.8. The van der Waals surface area contributed by atoms with Gasteiger partial charge in [0, 0.05) is 12.0 Å². The molecule has 0 saturated heterocycles. The highest BCUT2D eigenvalue weighted by atomic mass is 32.1. The standard InChI is InChI=1S/C26H27N3O6S/c1-29-10-9-16-20(13-29)36-25-21(16)24(30)27-23(28-25)15-7-5-6-8-17(15)35-26(31)14-11-18(32-2)22(34-4)19(12-14)33-3/h5-8,11-12,23,28H,9-10,13H2,1-4H3,(H,27,30)/p+1/t23-/m1/s1. The van der Waals surface area contributed by atoms with E-state index in [9.17, 15) is 9.59 Å². The van der Waals surface area contributed by atoms with Crippen LogP contribution in [0.1, 0.15) is 42.9 Å². The molecule has 36 heavy (non-hydrogen) atoms. The van der Waals surface area contributed by atoms with Crippen molar-refractivity contribution in [3.05, 3.63) is 63.5 Å². The highest BCUT2D eigenvalue weighted by molar-refractivity contribution is 7.16. The Morgan fingerprint density at radius 3 is 2.44 bits per heavy atom. The molecule has 0 aliphatic carbocycles. The first-order chi connectivity index (χ1) is 17.4. The van der Waals surface area contributed by atoms with Crippen molar-refractivity contribution in [2.75, 3.05) is 40.2 Å². The first-order valence-corrected chi connectivity index (χ1v) is 12.4. The highest BCUT2D eigenvalue weighted by Gasteiger charge is 2.35. The average Bonchev–Trinajstić information content (AvgIpc) is 3.25. The van der Waals surface area contributed by atoms with Gasteiger partial charge in [-0.25, -0.2) is 4.79 Å². The topological polar surface area (TPSA) is 99.6 Å². The summed E-state index contributed by atoms with van der Waals surface area (Å²) in [6, 6.07) is 10.2. The number of carbonyl (C=O) groups is 2. The summed E-state index contributed by atoms with van der Waals surface area (Å²) in [6.07, 6.45) is 0.342. The maximum atomic E-state index is 13.1. The van der Waals surface area contributed by atoms with E-state index < -0.39 is 12.1 Å². The van der Waals surface area contributed by atoms with Gasteiger partial charge in [0.15, 0.2) is 11.5 Å². The number of nitrogens with one attached hydrogen (secondary N) is 3. The predicted octanol–water partition coefficient (Wildman–Crippen LogP) is 2.42. The summed E-state index contributed by atoms with van der Waals surface area (Å²) in [5.41, 5.74) is 2.77. The second-order valence-corrected chi connectivity index (χ2v) is 9.84. The lowest BCUT2D eigenvalue weighted by Gasteiger charge is -2.28. The zero-order valence-corrected chi connectivity index (χ0v) is 21.3. The van der Waals surface area contributed by atoms with Crippen LogP contribution in [0.5, 0.6) is 23.0 Å². The molecule has 2 aliphatic heterocycles. The van der Waals surface area contributed by atoms with Gasteiger partial charge in [-0.2, -0.15) is 0 Å². The van der Waals surface area contributed by atoms with E-state index in [0.717, 1.165) is 35.6 Å². The molecule has 1 amide bonds. The van der Waals surface area contributed by atoms with E-state index in [-0.39, 0.29) is 11.5 Å². The number of hydrogen-bond donors (Lipinski definition) is 3. The number of esters is 1. The molecule has 1 aromatic heterocycles. The van der Waals surface area contributed by atoms with E-state index >= 15 is 0 Å². The monoisotopic (exact) mass is 510 g/mol. The van der Waals surface area contributed by atoms with Crippen LogP contribution in [0.2, 0.25) is 0 Å². The third-order valence-electron chi connectivity index (χ3n) is 6.47. The van der Waals surface area contributed by atoms with Crippen LogP contribution < -0.4 is 34.5 Å². The lowest BCUT2D eigenvalue weighted by atomic mass is 10.0. The molecule has 0 fully saturated rings. The molecular weight excluding hydrogens is 482 g/mol. The molecule has 1 unspecified atom stereocenters. The zero-order chi connectivity index (χ0) is 25.4. The number of amides is 1. The lowest BCUT2D eigenvalue weighted by Crippen LogP contribution is -3.08. The SMILES string of the molecule is COc1cc(C(=O)Oc2ccccc2[C@@H]2NC(=O)c3c(sc4c3CC[NH+](C)C4)N2)cc(OC)c1OC. The van der Waals surface area contributed by atoms with Gasteiger partial charge in [0.1, 0.15) is 23.5 Å². The van der Waals surface area contributed by atoms with E-state index in [0.29, 0.717) is 28.6 Å². The number of rotatable bonds is 6. The average molecular weight is 511 g/mol. The third kappa shape index (κ3) is 4.22. The molecule has 2 aromatic carbocycles. The van der Waals surface area contributed by atoms with Gasteiger partial charge in [-0.3, -0.25) is 4.79 Å². The summed E-state index contributed by atoms with van der Waals surface area (Å²) in [4.78, 5) is 28.9. The smallest absolute Gasteiger partial charge is 0.343 e. The number of benzene rings is 2. The Morgan fingerprint density at radius 1 is 1.03 bits per heavy atom. The number of likely N-dealkylation sites (N-methyl/N-ethyl adjacent to an activating group) is 1. The lowest BCUT2D eigenvalue weighted by molar-refractivity contribution is -0.895. The number of ether oxygens (including phenoxy) is 4. The first kappa shape index (κ1) is 24.0. The molecule has 10 heteroatoms.